The van der Waals surface area contributed by atoms with Crippen LogP contribution in [-0.2, 0) is 0 Å². The van der Waals surface area contributed by atoms with Crippen LogP contribution in [0, 0.1) is 11.6 Å². The molecular formula is C11H12BrF2NO. The van der Waals surface area contributed by atoms with Crippen LogP contribution in [-0.4, -0.2) is 5.11 Å². The Morgan fingerprint density at radius 2 is 2.12 bits per heavy atom. The third-order valence-corrected chi connectivity index (χ3v) is 2.82. The number of nitrogens with two attached hydrogens (primary N) is 1. The summed E-state index contributed by atoms with van der Waals surface area (Å²) in [5.74, 6) is -3.12. The van der Waals surface area contributed by atoms with Crippen molar-refractivity contribution in [3.05, 3.63) is 40.4 Å². The molecular weight excluding hydrogens is 280 g/mol. The predicted molar refractivity (Wildman–Crippen MR) is 62.1 cm³/mol. The van der Waals surface area contributed by atoms with Gasteiger partial charge in [0.2, 0.25) is 5.82 Å². The van der Waals surface area contributed by atoms with E-state index in [2.05, 4.69) is 22.5 Å². The predicted octanol–water partition coefficient (Wildman–Crippen LogP) is 3.40. The van der Waals surface area contributed by atoms with Gasteiger partial charge in [-0.25, -0.2) is 4.39 Å². The first-order valence-corrected chi connectivity index (χ1v) is 5.51. The van der Waals surface area contributed by atoms with E-state index in [4.69, 9.17) is 5.73 Å². The lowest BCUT2D eigenvalue weighted by molar-refractivity contribution is 0.394. The first-order chi connectivity index (χ1) is 7.49. The Hall–Kier alpha value is -0.940. The Bertz CT molecular complexity index is 409. The molecule has 0 saturated heterocycles. The van der Waals surface area contributed by atoms with Crippen LogP contribution < -0.4 is 5.73 Å². The fourth-order valence-corrected chi connectivity index (χ4v) is 1.76. The highest BCUT2D eigenvalue weighted by Gasteiger charge is 2.20. The minimum Gasteiger partial charge on any atom is -0.505 e. The standard InChI is InChI=1S/C11H12BrF2NO/c1-2-3-4-8(15)6-5-7(12)9(13)10(14)11(6)16/h2,5,8,16H,1,3-4,15H2/t8-/m1/s1. The second kappa shape index (κ2) is 5.41. The van der Waals surface area contributed by atoms with Crippen molar-refractivity contribution in [2.45, 2.75) is 18.9 Å². The van der Waals surface area contributed by atoms with Gasteiger partial charge < -0.3 is 10.8 Å². The molecule has 2 nitrogen and oxygen atoms in total. The van der Waals surface area contributed by atoms with Gasteiger partial charge in [0.1, 0.15) is 0 Å². The number of halogens is 3. The fourth-order valence-electron chi connectivity index (χ4n) is 1.34. The summed E-state index contributed by atoms with van der Waals surface area (Å²) >= 11 is 2.87. The van der Waals surface area contributed by atoms with Crippen molar-refractivity contribution in [2.75, 3.05) is 0 Å². The van der Waals surface area contributed by atoms with Gasteiger partial charge in [0.15, 0.2) is 11.6 Å². The highest BCUT2D eigenvalue weighted by atomic mass is 79.9. The highest BCUT2D eigenvalue weighted by molar-refractivity contribution is 9.10. The maximum absolute atomic E-state index is 13.2. The third kappa shape index (κ3) is 2.59. The quantitative estimate of drug-likeness (QED) is 0.660. The van der Waals surface area contributed by atoms with Gasteiger partial charge in [0.05, 0.1) is 4.47 Å². The molecule has 0 saturated carbocycles. The lowest BCUT2D eigenvalue weighted by Gasteiger charge is -2.14. The summed E-state index contributed by atoms with van der Waals surface area (Å²) in [6.45, 7) is 3.54. The summed E-state index contributed by atoms with van der Waals surface area (Å²) in [7, 11) is 0. The maximum atomic E-state index is 13.2. The average Bonchev–Trinajstić information content (AvgIpc) is 2.28. The van der Waals surface area contributed by atoms with E-state index in [9.17, 15) is 13.9 Å². The van der Waals surface area contributed by atoms with E-state index in [-0.39, 0.29) is 10.0 Å². The zero-order valence-corrected chi connectivity index (χ0v) is 10.1. The average molecular weight is 292 g/mol. The van der Waals surface area contributed by atoms with Crippen molar-refractivity contribution in [1.29, 1.82) is 0 Å². The molecule has 1 rings (SSSR count). The van der Waals surface area contributed by atoms with Gasteiger partial charge in [-0.1, -0.05) is 6.08 Å². The van der Waals surface area contributed by atoms with Gasteiger partial charge in [-0.15, -0.1) is 6.58 Å². The molecule has 1 aromatic rings. The van der Waals surface area contributed by atoms with Crippen LogP contribution in [0.15, 0.2) is 23.2 Å². The molecule has 0 radical (unpaired) electrons. The van der Waals surface area contributed by atoms with Crippen LogP contribution in [0.1, 0.15) is 24.4 Å². The van der Waals surface area contributed by atoms with E-state index in [0.29, 0.717) is 12.8 Å². The van der Waals surface area contributed by atoms with Gasteiger partial charge in [-0.2, -0.15) is 4.39 Å². The summed E-state index contributed by atoms with van der Waals surface area (Å²) in [5.41, 5.74) is 5.94. The summed E-state index contributed by atoms with van der Waals surface area (Å²) in [6, 6.07) is 0.742. The molecule has 0 aliphatic heterocycles. The summed E-state index contributed by atoms with van der Waals surface area (Å²) < 4.78 is 26.2. The molecule has 0 unspecified atom stereocenters. The normalized spacial score (nSPS) is 12.5. The minimum absolute atomic E-state index is 0.0492. The topological polar surface area (TPSA) is 46.2 Å². The zero-order valence-electron chi connectivity index (χ0n) is 8.51. The smallest absolute Gasteiger partial charge is 0.201 e. The molecule has 5 heteroatoms. The van der Waals surface area contributed by atoms with Crippen LogP contribution in [0.2, 0.25) is 0 Å². The first-order valence-electron chi connectivity index (χ1n) is 4.71. The van der Waals surface area contributed by atoms with Crippen LogP contribution >= 0.6 is 15.9 Å². The Morgan fingerprint density at radius 3 is 2.69 bits per heavy atom. The Morgan fingerprint density at radius 1 is 1.50 bits per heavy atom. The van der Waals surface area contributed by atoms with Crippen molar-refractivity contribution >= 4 is 15.9 Å². The fraction of sp³-hybridized carbons (Fsp3) is 0.273. The van der Waals surface area contributed by atoms with Gasteiger partial charge in [-0.3, -0.25) is 0 Å². The van der Waals surface area contributed by atoms with Gasteiger partial charge in [0.25, 0.3) is 0 Å². The molecule has 0 heterocycles. The van der Waals surface area contributed by atoms with Crippen LogP contribution in [0.3, 0.4) is 0 Å². The van der Waals surface area contributed by atoms with E-state index in [1.807, 2.05) is 0 Å². The SMILES string of the molecule is C=CCC[C@@H](N)c1cc(Br)c(F)c(F)c1O. The first kappa shape index (κ1) is 13.1. The van der Waals surface area contributed by atoms with E-state index in [1.165, 1.54) is 6.07 Å². The van der Waals surface area contributed by atoms with Crippen molar-refractivity contribution in [2.24, 2.45) is 5.73 Å². The molecule has 3 N–H and O–H groups in total. The molecule has 0 aliphatic rings. The van der Waals surface area contributed by atoms with Crippen LogP contribution in [0.25, 0.3) is 0 Å². The van der Waals surface area contributed by atoms with Crippen molar-refractivity contribution in [1.82, 2.24) is 0 Å². The van der Waals surface area contributed by atoms with Crippen molar-refractivity contribution in [3.63, 3.8) is 0 Å². The second-order valence-electron chi connectivity index (χ2n) is 3.40. The zero-order chi connectivity index (χ0) is 12.3. The van der Waals surface area contributed by atoms with Crippen LogP contribution in [0.4, 0.5) is 8.78 Å². The lowest BCUT2D eigenvalue weighted by atomic mass is 10.0. The number of phenolic OH excluding ortho intramolecular Hbond substituents is 1. The maximum Gasteiger partial charge on any atom is 0.201 e. The number of allylic oxidation sites excluding steroid dienone is 1. The number of phenols is 1. The molecule has 0 spiro atoms. The Labute approximate surface area is 101 Å². The number of benzene rings is 1. The molecule has 1 aromatic carbocycles. The monoisotopic (exact) mass is 291 g/mol. The Balaban J connectivity index is 3.09. The lowest BCUT2D eigenvalue weighted by Crippen LogP contribution is -2.11. The van der Waals surface area contributed by atoms with Crippen LogP contribution in [0.5, 0.6) is 5.75 Å². The summed E-state index contributed by atoms with van der Waals surface area (Å²) in [5, 5.41) is 9.43. The van der Waals surface area contributed by atoms with Crippen molar-refractivity contribution in [3.8, 4) is 5.75 Å². The van der Waals surface area contributed by atoms with E-state index in [1.54, 1.807) is 6.08 Å². The highest BCUT2D eigenvalue weighted by Crippen LogP contribution is 2.34. The molecule has 16 heavy (non-hydrogen) atoms. The third-order valence-electron chi connectivity index (χ3n) is 2.25. The summed E-state index contributed by atoms with van der Waals surface area (Å²) in [6.07, 6.45) is 2.82. The van der Waals surface area contributed by atoms with Gasteiger partial charge in [-0.05, 0) is 34.8 Å². The molecule has 0 bridgehead atoms. The summed E-state index contributed by atoms with van der Waals surface area (Å²) in [4.78, 5) is 0. The number of aromatic hydroxyl groups is 1. The molecule has 0 aromatic heterocycles. The molecule has 0 amide bonds. The largest absolute Gasteiger partial charge is 0.505 e. The molecule has 0 aliphatic carbocycles. The molecule has 88 valence electrons. The number of hydrogen-bond donors (Lipinski definition) is 2. The Kier molecular flexibility index (Phi) is 4.44. The van der Waals surface area contributed by atoms with Crippen molar-refractivity contribution < 1.29 is 13.9 Å². The molecule has 1 atom stereocenters. The van der Waals surface area contributed by atoms with E-state index >= 15 is 0 Å². The van der Waals surface area contributed by atoms with Gasteiger partial charge in [0, 0.05) is 11.6 Å². The second-order valence-corrected chi connectivity index (χ2v) is 4.25. The van der Waals surface area contributed by atoms with Gasteiger partial charge >= 0.3 is 0 Å². The number of rotatable bonds is 4. The number of hydrogen-bond acceptors (Lipinski definition) is 2. The molecule has 0 fully saturated rings. The minimum atomic E-state index is -1.28. The van der Waals surface area contributed by atoms with E-state index < -0.39 is 23.4 Å². The van der Waals surface area contributed by atoms with E-state index in [0.717, 1.165) is 0 Å².